The van der Waals surface area contributed by atoms with Crippen molar-refractivity contribution in [3.8, 4) is 0 Å². The lowest BCUT2D eigenvalue weighted by Crippen LogP contribution is -2.34. The van der Waals surface area contributed by atoms with Crippen LogP contribution in [0, 0.1) is 0 Å². The molecule has 0 bridgehead atoms. The van der Waals surface area contributed by atoms with Gasteiger partial charge in [0.1, 0.15) is 0 Å². The molecule has 1 aromatic rings. The summed E-state index contributed by atoms with van der Waals surface area (Å²) in [6.07, 6.45) is 0.919. The zero-order valence-corrected chi connectivity index (χ0v) is 11.8. The summed E-state index contributed by atoms with van der Waals surface area (Å²) in [4.78, 5) is 14.2. The molecule has 0 N–H and O–H groups in total. The van der Waals surface area contributed by atoms with E-state index in [-0.39, 0.29) is 5.78 Å². The van der Waals surface area contributed by atoms with Crippen molar-refractivity contribution in [3.05, 3.63) is 35.9 Å². The summed E-state index contributed by atoms with van der Waals surface area (Å²) in [5.41, 5.74) is 0.761. The second-order valence-electron chi connectivity index (χ2n) is 4.40. The molecule has 1 aromatic carbocycles. The lowest BCUT2D eigenvalue weighted by atomic mass is 10.1. The van der Waals surface area contributed by atoms with Crippen molar-refractivity contribution in [2.45, 2.75) is 6.42 Å². The fraction of sp³-hybridized carbons (Fsp3) is 0.533. The van der Waals surface area contributed by atoms with E-state index >= 15 is 0 Å². The molecule has 106 valence electrons. The number of benzene rings is 1. The van der Waals surface area contributed by atoms with Gasteiger partial charge in [-0.3, -0.25) is 9.69 Å². The zero-order valence-electron chi connectivity index (χ0n) is 11.8. The first-order valence-corrected chi connectivity index (χ1v) is 6.56. The summed E-state index contributed by atoms with van der Waals surface area (Å²) >= 11 is 0. The molecule has 4 heteroatoms. The summed E-state index contributed by atoms with van der Waals surface area (Å²) < 4.78 is 10.1. The van der Waals surface area contributed by atoms with Crippen LogP contribution >= 0.6 is 0 Å². The van der Waals surface area contributed by atoms with Crippen molar-refractivity contribution in [1.29, 1.82) is 0 Å². The third-order valence-corrected chi connectivity index (χ3v) is 2.90. The van der Waals surface area contributed by atoms with Crippen molar-refractivity contribution in [2.75, 3.05) is 47.1 Å². The Labute approximate surface area is 115 Å². The molecule has 0 saturated heterocycles. The summed E-state index contributed by atoms with van der Waals surface area (Å²) in [6.45, 7) is 3.38. The van der Waals surface area contributed by atoms with Crippen LogP contribution in [-0.4, -0.2) is 57.8 Å². The zero-order chi connectivity index (χ0) is 13.9. The van der Waals surface area contributed by atoms with E-state index in [1.165, 1.54) is 0 Å². The molecule has 0 spiro atoms. The normalized spacial score (nSPS) is 10.9. The number of Topliss-reactive ketones (excluding diaryl/α,β-unsaturated/α-hetero) is 1. The molecular formula is C15H23NO3. The van der Waals surface area contributed by atoms with Gasteiger partial charge in [0.25, 0.3) is 0 Å². The standard InChI is InChI=1S/C15H23NO3/c1-18-11-6-9-16(10-12-19-2)13-15(17)14-7-4-3-5-8-14/h3-5,7-8H,6,9-13H2,1-2H3. The molecule has 0 aliphatic heterocycles. The van der Waals surface area contributed by atoms with Gasteiger partial charge in [0.2, 0.25) is 0 Å². The smallest absolute Gasteiger partial charge is 0.176 e. The molecule has 1 rings (SSSR count). The van der Waals surface area contributed by atoms with Gasteiger partial charge in [-0.2, -0.15) is 0 Å². The summed E-state index contributed by atoms with van der Waals surface area (Å²) in [6, 6.07) is 9.39. The fourth-order valence-corrected chi connectivity index (χ4v) is 1.84. The molecule has 0 fully saturated rings. The van der Waals surface area contributed by atoms with Crippen LogP contribution in [0.15, 0.2) is 30.3 Å². The van der Waals surface area contributed by atoms with E-state index < -0.39 is 0 Å². The highest BCUT2D eigenvalue weighted by atomic mass is 16.5. The number of carbonyl (C=O) groups excluding carboxylic acids is 1. The Morgan fingerprint density at radius 1 is 1.05 bits per heavy atom. The highest BCUT2D eigenvalue weighted by molar-refractivity contribution is 5.97. The maximum absolute atomic E-state index is 12.1. The largest absolute Gasteiger partial charge is 0.385 e. The SMILES string of the molecule is COCCCN(CCOC)CC(=O)c1ccccc1. The first-order chi connectivity index (χ1) is 9.27. The summed E-state index contributed by atoms with van der Waals surface area (Å²) in [5, 5.41) is 0. The van der Waals surface area contributed by atoms with Crippen molar-refractivity contribution in [3.63, 3.8) is 0 Å². The van der Waals surface area contributed by atoms with Crippen molar-refractivity contribution < 1.29 is 14.3 Å². The molecule has 19 heavy (non-hydrogen) atoms. The third kappa shape index (κ3) is 6.47. The molecule has 0 aromatic heterocycles. The second-order valence-corrected chi connectivity index (χ2v) is 4.40. The second kappa shape index (κ2) is 9.67. The van der Waals surface area contributed by atoms with Gasteiger partial charge in [-0.15, -0.1) is 0 Å². The molecule has 0 saturated carbocycles. The van der Waals surface area contributed by atoms with E-state index in [1.54, 1.807) is 14.2 Å². The van der Waals surface area contributed by atoms with E-state index in [2.05, 4.69) is 4.90 Å². The molecule has 0 heterocycles. The predicted octanol–water partition coefficient (Wildman–Crippen LogP) is 1.85. The number of ketones is 1. The van der Waals surface area contributed by atoms with E-state index in [1.807, 2.05) is 30.3 Å². The number of hydrogen-bond acceptors (Lipinski definition) is 4. The Balaban J connectivity index is 2.48. The Bertz CT molecular complexity index is 354. The van der Waals surface area contributed by atoms with Gasteiger partial charge in [0, 0.05) is 39.5 Å². The van der Waals surface area contributed by atoms with Gasteiger partial charge in [-0.25, -0.2) is 0 Å². The average Bonchev–Trinajstić information content (AvgIpc) is 2.45. The Morgan fingerprint density at radius 2 is 1.74 bits per heavy atom. The molecule has 0 aliphatic rings. The first kappa shape index (κ1) is 15.8. The number of nitrogens with zero attached hydrogens (tertiary/aromatic N) is 1. The highest BCUT2D eigenvalue weighted by Gasteiger charge is 2.11. The van der Waals surface area contributed by atoms with E-state index in [9.17, 15) is 4.79 Å². The molecular weight excluding hydrogens is 242 g/mol. The highest BCUT2D eigenvalue weighted by Crippen LogP contribution is 2.03. The lowest BCUT2D eigenvalue weighted by molar-refractivity contribution is 0.0878. The summed E-state index contributed by atoms with van der Waals surface area (Å²) in [5.74, 6) is 0.147. The van der Waals surface area contributed by atoms with Crippen LogP contribution in [0.3, 0.4) is 0 Å². The first-order valence-electron chi connectivity index (χ1n) is 6.56. The van der Waals surface area contributed by atoms with Crippen LogP contribution in [0.5, 0.6) is 0 Å². The minimum atomic E-state index is 0.147. The number of methoxy groups -OCH3 is 2. The Kier molecular flexibility index (Phi) is 8.05. The molecule has 0 radical (unpaired) electrons. The lowest BCUT2D eigenvalue weighted by Gasteiger charge is -2.21. The Morgan fingerprint density at radius 3 is 2.37 bits per heavy atom. The average molecular weight is 265 g/mol. The van der Waals surface area contributed by atoms with Crippen molar-refractivity contribution >= 4 is 5.78 Å². The molecule has 0 unspecified atom stereocenters. The molecule has 0 atom stereocenters. The molecule has 4 nitrogen and oxygen atoms in total. The summed E-state index contributed by atoms with van der Waals surface area (Å²) in [7, 11) is 3.36. The number of hydrogen-bond donors (Lipinski definition) is 0. The van der Waals surface area contributed by atoms with Gasteiger partial charge in [-0.1, -0.05) is 30.3 Å². The van der Waals surface area contributed by atoms with Crippen LogP contribution in [0.25, 0.3) is 0 Å². The third-order valence-electron chi connectivity index (χ3n) is 2.90. The van der Waals surface area contributed by atoms with Crippen LogP contribution < -0.4 is 0 Å². The predicted molar refractivity (Wildman–Crippen MR) is 75.6 cm³/mol. The number of ether oxygens (including phenoxy) is 2. The van der Waals surface area contributed by atoms with Gasteiger partial charge < -0.3 is 9.47 Å². The van der Waals surface area contributed by atoms with Crippen molar-refractivity contribution in [1.82, 2.24) is 4.90 Å². The monoisotopic (exact) mass is 265 g/mol. The van der Waals surface area contributed by atoms with Gasteiger partial charge in [0.15, 0.2) is 5.78 Å². The maximum Gasteiger partial charge on any atom is 0.176 e. The quantitative estimate of drug-likeness (QED) is 0.478. The van der Waals surface area contributed by atoms with Crippen LogP contribution in [0.2, 0.25) is 0 Å². The topological polar surface area (TPSA) is 38.8 Å². The fourth-order valence-electron chi connectivity index (χ4n) is 1.84. The number of carbonyl (C=O) groups is 1. The van der Waals surface area contributed by atoms with Crippen molar-refractivity contribution in [2.24, 2.45) is 0 Å². The van der Waals surface area contributed by atoms with Gasteiger partial charge in [-0.05, 0) is 6.42 Å². The minimum Gasteiger partial charge on any atom is -0.385 e. The number of rotatable bonds is 10. The van der Waals surface area contributed by atoms with Crippen LogP contribution in [0.1, 0.15) is 16.8 Å². The van der Waals surface area contributed by atoms with E-state index in [0.29, 0.717) is 19.8 Å². The molecule has 0 aliphatic carbocycles. The molecule has 0 amide bonds. The van der Waals surface area contributed by atoms with Crippen LogP contribution in [-0.2, 0) is 9.47 Å². The maximum atomic E-state index is 12.1. The Hall–Kier alpha value is -1.23. The van der Waals surface area contributed by atoms with Gasteiger partial charge in [0.05, 0.1) is 13.2 Å². The van der Waals surface area contributed by atoms with Crippen LogP contribution in [0.4, 0.5) is 0 Å². The van der Waals surface area contributed by atoms with Gasteiger partial charge >= 0.3 is 0 Å². The minimum absolute atomic E-state index is 0.147. The van der Waals surface area contributed by atoms with E-state index in [4.69, 9.17) is 9.47 Å². The van der Waals surface area contributed by atoms with E-state index in [0.717, 1.165) is 25.1 Å².